The van der Waals surface area contributed by atoms with Gasteiger partial charge >= 0.3 is 0 Å². The van der Waals surface area contributed by atoms with Gasteiger partial charge in [-0.3, -0.25) is 4.79 Å². The molecule has 1 nitrogen and oxygen atoms in total. The molecule has 0 saturated heterocycles. The summed E-state index contributed by atoms with van der Waals surface area (Å²) in [6.07, 6.45) is 9.76. The fourth-order valence-electron chi connectivity index (χ4n) is 3.67. The van der Waals surface area contributed by atoms with Crippen molar-refractivity contribution in [1.82, 2.24) is 0 Å². The van der Waals surface area contributed by atoms with Crippen LogP contribution in [0.1, 0.15) is 62.0 Å². The summed E-state index contributed by atoms with van der Waals surface area (Å²) in [5.41, 5.74) is 2.91. The maximum absolute atomic E-state index is 12.3. The zero-order chi connectivity index (χ0) is 13.8. The van der Waals surface area contributed by atoms with Crippen molar-refractivity contribution in [2.75, 3.05) is 5.75 Å². The third-order valence-electron chi connectivity index (χ3n) is 4.75. The Labute approximate surface area is 126 Å². The van der Waals surface area contributed by atoms with E-state index in [9.17, 15) is 4.79 Å². The minimum Gasteiger partial charge on any atom is -0.299 e. The van der Waals surface area contributed by atoms with Crippen LogP contribution in [-0.2, 0) is 11.2 Å². The van der Waals surface area contributed by atoms with Gasteiger partial charge in [-0.25, -0.2) is 0 Å². The molecule has 1 unspecified atom stereocenters. The Kier molecular flexibility index (Phi) is 4.82. The molecule has 2 aliphatic carbocycles. The Morgan fingerprint density at radius 1 is 1.10 bits per heavy atom. The van der Waals surface area contributed by atoms with Crippen LogP contribution in [0.4, 0.5) is 0 Å². The number of ketones is 1. The molecule has 20 heavy (non-hydrogen) atoms. The van der Waals surface area contributed by atoms with Crippen molar-refractivity contribution < 1.29 is 4.79 Å². The molecule has 3 rings (SSSR count). The first-order chi connectivity index (χ1) is 9.83. The number of carbonyl (C=O) groups excluding carboxylic acids is 1. The van der Waals surface area contributed by atoms with Crippen LogP contribution in [0.5, 0.6) is 0 Å². The Morgan fingerprint density at radius 3 is 2.75 bits per heavy atom. The predicted molar refractivity (Wildman–Crippen MR) is 86.5 cm³/mol. The lowest BCUT2D eigenvalue weighted by Gasteiger charge is -2.25. The molecule has 2 aliphatic rings. The predicted octanol–water partition coefficient (Wildman–Crippen LogP) is 4.74. The van der Waals surface area contributed by atoms with Gasteiger partial charge in [-0.1, -0.05) is 37.1 Å². The highest BCUT2D eigenvalue weighted by molar-refractivity contribution is 8.00. The number of hydrogen-bond donors (Lipinski definition) is 0. The molecule has 0 N–H and O–H groups in total. The van der Waals surface area contributed by atoms with E-state index in [1.165, 1.54) is 56.1 Å². The smallest absolute Gasteiger partial charge is 0.143 e. The molecule has 108 valence electrons. The molecule has 1 saturated carbocycles. The summed E-state index contributed by atoms with van der Waals surface area (Å²) in [7, 11) is 0. The number of aryl methyl sites for hydroxylation is 1. The fourth-order valence-corrected chi connectivity index (χ4v) is 4.87. The van der Waals surface area contributed by atoms with Gasteiger partial charge in [0.1, 0.15) is 5.78 Å². The second-order valence-corrected chi connectivity index (χ2v) is 7.54. The number of rotatable bonds is 5. The first-order valence-corrected chi connectivity index (χ1v) is 9.09. The first kappa shape index (κ1) is 14.2. The van der Waals surface area contributed by atoms with Crippen LogP contribution < -0.4 is 0 Å². The molecule has 0 spiro atoms. The molecular formula is C18H24OS. The average molecular weight is 288 g/mol. The summed E-state index contributed by atoms with van der Waals surface area (Å²) < 4.78 is 0. The van der Waals surface area contributed by atoms with Gasteiger partial charge in [-0.15, -0.1) is 0 Å². The Hall–Kier alpha value is -0.760. The van der Waals surface area contributed by atoms with Crippen molar-refractivity contribution in [3.63, 3.8) is 0 Å². The van der Waals surface area contributed by atoms with Crippen LogP contribution in [-0.4, -0.2) is 16.8 Å². The number of carbonyl (C=O) groups is 1. The molecule has 1 atom stereocenters. The third-order valence-corrected chi connectivity index (χ3v) is 6.18. The first-order valence-electron chi connectivity index (χ1n) is 8.04. The quantitative estimate of drug-likeness (QED) is 0.778. The zero-order valence-electron chi connectivity index (χ0n) is 12.1. The lowest BCUT2D eigenvalue weighted by atomic mass is 9.80. The Bertz CT molecular complexity index is 462. The minimum absolute atomic E-state index is 0.462. The van der Waals surface area contributed by atoms with E-state index in [1.807, 2.05) is 11.8 Å². The van der Waals surface area contributed by atoms with Gasteiger partial charge in [0.25, 0.3) is 0 Å². The standard InChI is InChI=1S/C18H24OS/c19-16(13-20-17-9-2-3-10-17)12-15-8-5-7-14-6-1-4-11-18(14)15/h1,4,6,11,15,17H,2-3,5,7-10,12-13H2. The van der Waals surface area contributed by atoms with E-state index in [2.05, 4.69) is 24.3 Å². The molecule has 0 radical (unpaired) electrons. The molecule has 1 fully saturated rings. The maximum Gasteiger partial charge on any atom is 0.143 e. The van der Waals surface area contributed by atoms with Crippen LogP contribution in [0.25, 0.3) is 0 Å². The lowest BCUT2D eigenvalue weighted by molar-refractivity contribution is -0.117. The van der Waals surface area contributed by atoms with Crippen molar-refractivity contribution in [2.45, 2.75) is 62.5 Å². The normalized spacial score (nSPS) is 22.7. The van der Waals surface area contributed by atoms with Crippen LogP contribution in [0.2, 0.25) is 0 Å². The number of benzene rings is 1. The van der Waals surface area contributed by atoms with E-state index in [0.717, 1.165) is 17.4 Å². The maximum atomic E-state index is 12.3. The second-order valence-electron chi connectivity index (χ2n) is 6.25. The van der Waals surface area contributed by atoms with Gasteiger partial charge in [-0.2, -0.15) is 11.8 Å². The molecule has 0 aliphatic heterocycles. The van der Waals surface area contributed by atoms with E-state index >= 15 is 0 Å². The minimum atomic E-state index is 0.462. The SMILES string of the molecule is O=C(CSC1CCCC1)CC1CCCc2ccccc21. The van der Waals surface area contributed by atoms with E-state index in [0.29, 0.717) is 11.7 Å². The zero-order valence-corrected chi connectivity index (χ0v) is 13.0. The summed E-state index contributed by atoms with van der Waals surface area (Å²) >= 11 is 1.91. The van der Waals surface area contributed by atoms with E-state index in [4.69, 9.17) is 0 Å². The average Bonchev–Trinajstić information content (AvgIpc) is 2.99. The molecule has 0 aromatic heterocycles. The summed E-state index contributed by atoms with van der Waals surface area (Å²) in [6, 6.07) is 8.71. The van der Waals surface area contributed by atoms with Crippen molar-refractivity contribution >= 4 is 17.5 Å². The van der Waals surface area contributed by atoms with Crippen LogP contribution >= 0.6 is 11.8 Å². The molecular weight excluding hydrogens is 264 g/mol. The van der Waals surface area contributed by atoms with Gasteiger partial charge < -0.3 is 0 Å². The Balaban J connectivity index is 1.54. The summed E-state index contributed by atoms with van der Waals surface area (Å²) in [6.45, 7) is 0. The van der Waals surface area contributed by atoms with E-state index in [-0.39, 0.29) is 0 Å². The molecule has 1 aromatic carbocycles. The van der Waals surface area contributed by atoms with Gasteiger partial charge in [-0.05, 0) is 49.1 Å². The number of hydrogen-bond acceptors (Lipinski definition) is 2. The summed E-state index contributed by atoms with van der Waals surface area (Å²) in [5, 5.41) is 0.762. The monoisotopic (exact) mass is 288 g/mol. The molecule has 0 amide bonds. The van der Waals surface area contributed by atoms with E-state index in [1.54, 1.807) is 0 Å². The van der Waals surface area contributed by atoms with Crippen molar-refractivity contribution in [1.29, 1.82) is 0 Å². The topological polar surface area (TPSA) is 17.1 Å². The second kappa shape index (κ2) is 6.80. The highest BCUT2D eigenvalue weighted by atomic mass is 32.2. The van der Waals surface area contributed by atoms with Crippen molar-refractivity contribution in [3.05, 3.63) is 35.4 Å². The number of Topliss-reactive ketones (excluding diaryl/α,β-unsaturated/α-hetero) is 1. The molecule has 2 heteroatoms. The van der Waals surface area contributed by atoms with Crippen LogP contribution in [0, 0.1) is 0 Å². The third kappa shape index (κ3) is 3.46. The largest absolute Gasteiger partial charge is 0.299 e. The Morgan fingerprint density at radius 2 is 1.90 bits per heavy atom. The number of fused-ring (bicyclic) bond motifs is 1. The lowest BCUT2D eigenvalue weighted by Crippen LogP contribution is -2.15. The molecule has 0 heterocycles. The fraction of sp³-hybridized carbons (Fsp3) is 0.611. The highest BCUT2D eigenvalue weighted by Gasteiger charge is 2.23. The van der Waals surface area contributed by atoms with Crippen LogP contribution in [0.15, 0.2) is 24.3 Å². The van der Waals surface area contributed by atoms with Gasteiger partial charge in [0.15, 0.2) is 0 Å². The molecule has 1 aromatic rings. The number of thioether (sulfide) groups is 1. The highest BCUT2D eigenvalue weighted by Crippen LogP contribution is 2.35. The summed E-state index contributed by atoms with van der Waals surface area (Å²) in [5.74, 6) is 1.68. The van der Waals surface area contributed by atoms with Crippen molar-refractivity contribution in [2.24, 2.45) is 0 Å². The van der Waals surface area contributed by atoms with E-state index < -0.39 is 0 Å². The van der Waals surface area contributed by atoms with Gasteiger partial charge in [0, 0.05) is 11.7 Å². The van der Waals surface area contributed by atoms with Crippen molar-refractivity contribution in [3.8, 4) is 0 Å². The summed E-state index contributed by atoms with van der Waals surface area (Å²) in [4.78, 5) is 12.3. The molecule has 0 bridgehead atoms. The van der Waals surface area contributed by atoms with Gasteiger partial charge in [0.05, 0.1) is 5.75 Å². The van der Waals surface area contributed by atoms with Gasteiger partial charge in [0.2, 0.25) is 0 Å². The van der Waals surface area contributed by atoms with Crippen LogP contribution in [0.3, 0.4) is 0 Å².